The summed E-state index contributed by atoms with van der Waals surface area (Å²) in [6, 6.07) is 2.32. The van der Waals surface area contributed by atoms with Gasteiger partial charge in [0.05, 0.1) is 22.3 Å². The quantitative estimate of drug-likeness (QED) is 0.789. The molecule has 9 heteroatoms. The number of hydrogen-bond donors (Lipinski definition) is 2. The van der Waals surface area contributed by atoms with Gasteiger partial charge in [-0.25, -0.2) is 9.78 Å². The van der Waals surface area contributed by atoms with E-state index in [2.05, 4.69) is 15.6 Å². The minimum Gasteiger partial charge on any atom is -0.338 e. The molecule has 0 unspecified atom stereocenters. The van der Waals surface area contributed by atoms with Crippen LogP contribution in [0.1, 0.15) is 19.8 Å². The average molecular weight is 371 g/mol. The van der Waals surface area contributed by atoms with Gasteiger partial charge in [0.15, 0.2) is 0 Å². The molecule has 0 bridgehead atoms. The molecule has 2 N–H and O–H groups in total. The Labute approximate surface area is 148 Å². The summed E-state index contributed by atoms with van der Waals surface area (Å²) in [7, 11) is 0. The Hall–Kier alpha value is -2.12. The highest BCUT2D eigenvalue weighted by Crippen LogP contribution is 2.23. The number of carbonyl (C=O) groups excluding carboxylic acids is 2. The predicted octanol–water partition coefficient (Wildman–Crippen LogP) is 2.33. The van der Waals surface area contributed by atoms with Crippen LogP contribution in [0, 0.1) is 0 Å². The normalized spacial score (nSPS) is 10.6. The summed E-state index contributed by atoms with van der Waals surface area (Å²) >= 11 is 11.9. The van der Waals surface area contributed by atoms with Gasteiger partial charge in [-0.15, -0.1) is 0 Å². The molecule has 0 aliphatic carbocycles. The van der Waals surface area contributed by atoms with Crippen molar-refractivity contribution >= 4 is 46.0 Å². The zero-order valence-electron chi connectivity index (χ0n) is 12.9. The zero-order chi connectivity index (χ0) is 17.7. The highest BCUT2D eigenvalue weighted by molar-refractivity contribution is 6.38. The molecule has 1 aromatic heterocycles. The second kappa shape index (κ2) is 8.12. The Morgan fingerprint density at radius 1 is 1.29 bits per heavy atom. The summed E-state index contributed by atoms with van der Waals surface area (Å²) < 4.78 is 1.09. The molecule has 3 amide bonds. The monoisotopic (exact) mass is 370 g/mol. The SMILES string of the molecule is CCCCNC(=O)NC(=O)Cn1cnc2c(Cl)cc(Cl)cc2c1=O. The van der Waals surface area contributed by atoms with Gasteiger partial charge < -0.3 is 5.32 Å². The largest absolute Gasteiger partial charge is 0.338 e. The first kappa shape index (κ1) is 18.2. The molecule has 0 spiro atoms. The average Bonchev–Trinajstić information content (AvgIpc) is 2.50. The first-order chi connectivity index (χ1) is 11.4. The van der Waals surface area contributed by atoms with Gasteiger partial charge >= 0.3 is 6.03 Å². The van der Waals surface area contributed by atoms with E-state index in [1.807, 2.05) is 6.92 Å². The summed E-state index contributed by atoms with van der Waals surface area (Å²) in [4.78, 5) is 39.8. The smallest absolute Gasteiger partial charge is 0.321 e. The molecule has 2 rings (SSSR count). The number of benzene rings is 1. The maximum Gasteiger partial charge on any atom is 0.321 e. The van der Waals surface area contributed by atoms with Crippen LogP contribution in [-0.2, 0) is 11.3 Å². The van der Waals surface area contributed by atoms with Crippen molar-refractivity contribution in [2.24, 2.45) is 0 Å². The van der Waals surface area contributed by atoms with Crippen LogP contribution in [-0.4, -0.2) is 28.0 Å². The Balaban J connectivity index is 2.13. The van der Waals surface area contributed by atoms with E-state index in [1.165, 1.54) is 18.5 Å². The first-order valence-corrected chi connectivity index (χ1v) is 8.10. The number of carbonyl (C=O) groups is 2. The zero-order valence-corrected chi connectivity index (χ0v) is 14.4. The van der Waals surface area contributed by atoms with Crippen molar-refractivity contribution in [2.45, 2.75) is 26.3 Å². The van der Waals surface area contributed by atoms with Gasteiger partial charge in [-0.05, 0) is 18.6 Å². The highest BCUT2D eigenvalue weighted by Gasteiger charge is 2.12. The number of hydrogen-bond acceptors (Lipinski definition) is 4. The van der Waals surface area contributed by atoms with Crippen LogP contribution in [0.2, 0.25) is 10.0 Å². The van der Waals surface area contributed by atoms with Crippen LogP contribution in [0.3, 0.4) is 0 Å². The van der Waals surface area contributed by atoms with E-state index >= 15 is 0 Å². The van der Waals surface area contributed by atoms with E-state index in [0.717, 1.165) is 17.4 Å². The van der Waals surface area contributed by atoms with Crippen molar-refractivity contribution in [3.63, 3.8) is 0 Å². The minimum absolute atomic E-state index is 0.204. The van der Waals surface area contributed by atoms with Crippen molar-refractivity contribution in [1.29, 1.82) is 0 Å². The predicted molar refractivity (Wildman–Crippen MR) is 92.5 cm³/mol. The van der Waals surface area contributed by atoms with E-state index in [-0.39, 0.29) is 17.0 Å². The molecule has 0 aliphatic rings. The number of urea groups is 1. The molecule has 1 heterocycles. The fourth-order valence-corrected chi connectivity index (χ4v) is 2.59. The van der Waals surface area contributed by atoms with Crippen LogP contribution in [0.4, 0.5) is 4.79 Å². The van der Waals surface area contributed by atoms with Gasteiger partial charge in [0.1, 0.15) is 6.54 Å². The molecule has 0 radical (unpaired) electrons. The number of nitrogens with zero attached hydrogens (tertiary/aromatic N) is 2. The summed E-state index contributed by atoms with van der Waals surface area (Å²) in [6.45, 7) is 2.12. The Bertz CT molecular complexity index is 835. The van der Waals surface area contributed by atoms with Crippen LogP contribution in [0.25, 0.3) is 10.9 Å². The van der Waals surface area contributed by atoms with Crippen LogP contribution >= 0.6 is 23.2 Å². The van der Waals surface area contributed by atoms with E-state index < -0.39 is 17.5 Å². The molecule has 128 valence electrons. The first-order valence-electron chi connectivity index (χ1n) is 7.34. The summed E-state index contributed by atoms with van der Waals surface area (Å²) in [5.41, 5.74) is -0.161. The van der Waals surface area contributed by atoms with Crippen molar-refractivity contribution in [1.82, 2.24) is 20.2 Å². The third kappa shape index (κ3) is 4.46. The number of fused-ring (bicyclic) bond motifs is 1. The lowest BCUT2D eigenvalue weighted by Crippen LogP contribution is -2.42. The number of aromatic nitrogens is 2. The maximum absolute atomic E-state index is 12.4. The number of halogens is 2. The molecule has 0 aliphatic heterocycles. The molecule has 24 heavy (non-hydrogen) atoms. The number of amides is 3. The standard InChI is InChI=1S/C15H16Cl2N4O3/c1-2-3-4-18-15(24)20-12(22)7-21-8-19-13-10(14(21)23)5-9(16)6-11(13)17/h5-6,8H,2-4,7H2,1H3,(H2,18,20,22,24). The van der Waals surface area contributed by atoms with Crippen molar-refractivity contribution in [3.8, 4) is 0 Å². The summed E-state index contributed by atoms with van der Waals surface area (Å²) in [5, 5.41) is 5.46. The van der Waals surface area contributed by atoms with E-state index in [1.54, 1.807) is 0 Å². The molecule has 0 atom stereocenters. The minimum atomic E-state index is -0.625. The van der Waals surface area contributed by atoms with Gasteiger partial charge in [-0.1, -0.05) is 36.5 Å². The molecule has 1 aromatic carbocycles. The molecular formula is C15H16Cl2N4O3. The lowest BCUT2D eigenvalue weighted by Gasteiger charge is -2.09. The Kier molecular flexibility index (Phi) is 6.16. The number of rotatable bonds is 5. The highest BCUT2D eigenvalue weighted by atomic mass is 35.5. The van der Waals surface area contributed by atoms with E-state index in [4.69, 9.17) is 23.2 Å². The number of unbranched alkanes of at least 4 members (excludes halogenated alkanes) is 1. The van der Waals surface area contributed by atoms with E-state index in [0.29, 0.717) is 17.1 Å². The van der Waals surface area contributed by atoms with Crippen LogP contribution in [0.15, 0.2) is 23.3 Å². The van der Waals surface area contributed by atoms with Crippen molar-refractivity contribution in [2.75, 3.05) is 6.54 Å². The lowest BCUT2D eigenvalue weighted by atomic mass is 10.2. The van der Waals surface area contributed by atoms with Gasteiger partial charge in [0.25, 0.3) is 5.56 Å². The summed E-state index contributed by atoms with van der Waals surface area (Å²) in [6.07, 6.45) is 2.95. The molecule has 0 saturated heterocycles. The second-order valence-electron chi connectivity index (χ2n) is 5.12. The Morgan fingerprint density at radius 3 is 2.75 bits per heavy atom. The van der Waals surface area contributed by atoms with Crippen molar-refractivity contribution in [3.05, 3.63) is 38.9 Å². The number of imide groups is 1. The molecule has 2 aromatic rings. The number of nitrogens with one attached hydrogen (secondary N) is 2. The molecule has 7 nitrogen and oxygen atoms in total. The van der Waals surface area contributed by atoms with Gasteiger partial charge in [-0.3, -0.25) is 19.5 Å². The van der Waals surface area contributed by atoms with Crippen molar-refractivity contribution < 1.29 is 9.59 Å². The molecule has 0 fully saturated rings. The fourth-order valence-electron chi connectivity index (χ4n) is 2.05. The third-order valence-electron chi connectivity index (χ3n) is 3.23. The van der Waals surface area contributed by atoms with Crippen LogP contribution in [0.5, 0.6) is 0 Å². The fraction of sp³-hybridized carbons (Fsp3) is 0.333. The maximum atomic E-state index is 12.4. The lowest BCUT2D eigenvalue weighted by molar-refractivity contribution is -0.120. The van der Waals surface area contributed by atoms with Gasteiger partial charge in [0, 0.05) is 11.6 Å². The van der Waals surface area contributed by atoms with Crippen LogP contribution < -0.4 is 16.2 Å². The Morgan fingerprint density at radius 2 is 2.04 bits per heavy atom. The third-order valence-corrected chi connectivity index (χ3v) is 3.73. The van der Waals surface area contributed by atoms with Gasteiger partial charge in [-0.2, -0.15) is 0 Å². The molecule has 0 saturated carbocycles. The second-order valence-corrected chi connectivity index (χ2v) is 5.96. The van der Waals surface area contributed by atoms with E-state index in [9.17, 15) is 14.4 Å². The topological polar surface area (TPSA) is 93.1 Å². The van der Waals surface area contributed by atoms with Gasteiger partial charge in [0.2, 0.25) is 5.91 Å². The molecular weight excluding hydrogens is 355 g/mol. The summed E-state index contributed by atoms with van der Waals surface area (Å²) in [5.74, 6) is -0.625.